The van der Waals surface area contributed by atoms with Crippen LogP contribution in [0.3, 0.4) is 0 Å². The Morgan fingerprint density at radius 3 is 2.95 bits per heavy atom. The molecule has 0 bridgehead atoms. The summed E-state index contributed by atoms with van der Waals surface area (Å²) in [7, 11) is 0. The van der Waals surface area contributed by atoms with E-state index in [2.05, 4.69) is 15.2 Å². The van der Waals surface area contributed by atoms with Crippen LogP contribution in [0.2, 0.25) is 0 Å². The number of nitrogens with one attached hydrogen (secondary N) is 1. The Hall–Kier alpha value is -1.43. The molecule has 2 aliphatic rings. The number of H-pyrrole nitrogens is 1. The van der Waals surface area contributed by atoms with Gasteiger partial charge in [0.2, 0.25) is 5.82 Å². The average Bonchev–Trinajstić information content (AvgIpc) is 3.13. The van der Waals surface area contributed by atoms with Gasteiger partial charge in [-0.05, 0) is 39.0 Å². The van der Waals surface area contributed by atoms with Crippen molar-refractivity contribution in [2.24, 2.45) is 0 Å². The summed E-state index contributed by atoms with van der Waals surface area (Å²) in [5.74, 6) is 1.45. The number of amides is 1. The lowest BCUT2D eigenvalue weighted by molar-refractivity contribution is 0.0436. The van der Waals surface area contributed by atoms with Crippen molar-refractivity contribution in [3.05, 3.63) is 11.6 Å². The first-order valence-corrected chi connectivity index (χ1v) is 6.99. The van der Waals surface area contributed by atoms with Crippen molar-refractivity contribution in [1.82, 2.24) is 20.1 Å². The van der Waals surface area contributed by atoms with E-state index in [0.717, 1.165) is 31.5 Å². The fourth-order valence-electron chi connectivity index (χ4n) is 2.52. The molecule has 104 valence electrons. The van der Waals surface area contributed by atoms with Crippen LogP contribution in [0.1, 0.15) is 61.4 Å². The van der Waals surface area contributed by atoms with Crippen LogP contribution in [0.5, 0.6) is 0 Å². The van der Waals surface area contributed by atoms with Gasteiger partial charge >= 0.3 is 0 Å². The molecule has 1 aromatic rings. The summed E-state index contributed by atoms with van der Waals surface area (Å²) >= 11 is 0. The molecule has 1 unspecified atom stereocenters. The summed E-state index contributed by atoms with van der Waals surface area (Å²) in [5, 5.41) is 16.9. The van der Waals surface area contributed by atoms with E-state index in [1.54, 1.807) is 4.90 Å². The van der Waals surface area contributed by atoms with Gasteiger partial charge in [0.25, 0.3) is 5.91 Å². The molecular formula is C13H20N4O2. The van der Waals surface area contributed by atoms with Crippen LogP contribution in [0.15, 0.2) is 0 Å². The average molecular weight is 264 g/mol. The van der Waals surface area contributed by atoms with Crippen LogP contribution in [0, 0.1) is 0 Å². The van der Waals surface area contributed by atoms with Crippen molar-refractivity contribution >= 4 is 5.91 Å². The first kappa shape index (κ1) is 12.6. The van der Waals surface area contributed by atoms with Crippen LogP contribution >= 0.6 is 0 Å². The van der Waals surface area contributed by atoms with Gasteiger partial charge in [-0.25, -0.2) is 4.98 Å². The smallest absolute Gasteiger partial charge is 0.293 e. The maximum absolute atomic E-state index is 12.3. The second kappa shape index (κ2) is 4.59. The second-order valence-electron chi connectivity index (χ2n) is 5.96. The highest BCUT2D eigenvalue weighted by molar-refractivity contribution is 5.90. The van der Waals surface area contributed by atoms with Gasteiger partial charge in [-0.1, -0.05) is 0 Å². The summed E-state index contributed by atoms with van der Waals surface area (Å²) in [5.41, 5.74) is -0.660. The quantitative estimate of drug-likeness (QED) is 0.836. The number of aromatic amines is 1. The number of hydrogen-bond donors (Lipinski definition) is 2. The van der Waals surface area contributed by atoms with Gasteiger partial charge < -0.3 is 10.0 Å². The summed E-state index contributed by atoms with van der Waals surface area (Å²) < 4.78 is 0. The molecule has 19 heavy (non-hydrogen) atoms. The molecule has 1 aliphatic heterocycles. The number of hydrogen-bond acceptors (Lipinski definition) is 4. The number of carbonyl (C=O) groups is 1. The van der Waals surface area contributed by atoms with Crippen molar-refractivity contribution in [3.63, 3.8) is 0 Å². The Balaban J connectivity index is 1.68. The van der Waals surface area contributed by atoms with Crippen LogP contribution in [-0.4, -0.2) is 49.8 Å². The van der Waals surface area contributed by atoms with Crippen molar-refractivity contribution in [2.45, 2.75) is 50.5 Å². The monoisotopic (exact) mass is 264 g/mol. The van der Waals surface area contributed by atoms with Gasteiger partial charge in [0, 0.05) is 19.0 Å². The van der Waals surface area contributed by atoms with Gasteiger partial charge in [0.1, 0.15) is 5.82 Å². The molecule has 1 saturated heterocycles. The van der Waals surface area contributed by atoms with E-state index in [4.69, 9.17) is 0 Å². The molecule has 1 atom stereocenters. The topological polar surface area (TPSA) is 82.1 Å². The minimum atomic E-state index is -0.660. The zero-order valence-electron chi connectivity index (χ0n) is 11.2. The highest BCUT2D eigenvalue weighted by atomic mass is 16.3. The van der Waals surface area contributed by atoms with E-state index in [1.807, 2.05) is 6.92 Å². The molecule has 6 nitrogen and oxygen atoms in total. The number of likely N-dealkylation sites (tertiary alicyclic amines) is 1. The van der Waals surface area contributed by atoms with Gasteiger partial charge in [0.05, 0.1) is 5.60 Å². The van der Waals surface area contributed by atoms with Crippen LogP contribution in [0.4, 0.5) is 0 Å². The minimum Gasteiger partial charge on any atom is -0.390 e. The predicted octanol–water partition coefficient (Wildman–Crippen LogP) is 1.06. The van der Waals surface area contributed by atoms with E-state index >= 15 is 0 Å². The Morgan fingerprint density at radius 2 is 2.21 bits per heavy atom. The van der Waals surface area contributed by atoms with E-state index in [1.165, 1.54) is 0 Å². The van der Waals surface area contributed by atoms with Crippen molar-refractivity contribution in [1.29, 1.82) is 0 Å². The Labute approximate surface area is 112 Å². The molecule has 1 amide bonds. The predicted molar refractivity (Wildman–Crippen MR) is 68.7 cm³/mol. The highest BCUT2D eigenvalue weighted by Gasteiger charge is 2.31. The van der Waals surface area contributed by atoms with Crippen LogP contribution in [-0.2, 0) is 0 Å². The van der Waals surface area contributed by atoms with Crippen molar-refractivity contribution in [3.8, 4) is 0 Å². The van der Waals surface area contributed by atoms with E-state index in [0.29, 0.717) is 25.4 Å². The van der Waals surface area contributed by atoms with E-state index < -0.39 is 5.60 Å². The molecule has 1 aliphatic carbocycles. The Morgan fingerprint density at radius 1 is 1.42 bits per heavy atom. The Kier molecular flexibility index (Phi) is 3.05. The van der Waals surface area contributed by atoms with E-state index in [9.17, 15) is 9.90 Å². The van der Waals surface area contributed by atoms with Gasteiger partial charge in [-0.15, -0.1) is 5.10 Å². The number of carbonyl (C=O) groups excluding carboxylic acids is 1. The maximum Gasteiger partial charge on any atom is 0.293 e. The van der Waals surface area contributed by atoms with Gasteiger partial charge in [0.15, 0.2) is 0 Å². The van der Waals surface area contributed by atoms with Crippen LogP contribution in [0.25, 0.3) is 0 Å². The third kappa shape index (κ3) is 2.78. The molecular weight excluding hydrogens is 244 g/mol. The summed E-state index contributed by atoms with van der Waals surface area (Å²) in [6.45, 7) is 3.07. The normalized spacial score (nSPS) is 28.2. The summed E-state index contributed by atoms with van der Waals surface area (Å²) in [6.07, 6.45) is 4.43. The van der Waals surface area contributed by atoms with Gasteiger partial charge in [-0.3, -0.25) is 9.89 Å². The van der Waals surface area contributed by atoms with Crippen LogP contribution < -0.4 is 0 Å². The third-order valence-electron chi connectivity index (χ3n) is 4.01. The standard InChI is InChI=1S/C13H20N4O2/c1-13(19)5-2-7-17(8-6-13)12(18)11-14-10(15-16-11)9-3-4-9/h9,19H,2-8H2,1H3,(H,14,15,16). The molecule has 0 aromatic carbocycles. The first-order chi connectivity index (χ1) is 9.05. The molecule has 0 spiro atoms. The molecule has 2 heterocycles. The lowest BCUT2D eigenvalue weighted by Crippen LogP contribution is -2.34. The molecule has 2 fully saturated rings. The lowest BCUT2D eigenvalue weighted by Gasteiger charge is -2.21. The summed E-state index contributed by atoms with van der Waals surface area (Å²) in [6, 6.07) is 0. The fraction of sp³-hybridized carbons (Fsp3) is 0.769. The van der Waals surface area contributed by atoms with Gasteiger partial charge in [-0.2, -0.15) is 0 Å². The minimum absolute atomic E-state index is 0.124. The lowest BCUT2D eigenvalue weighted by atomic mass is 9.98. The zero-order valence-corrected chi connectivity index (χ0v) is 11.2. The Bertz CT molecular complexity index is 479. The second-order valence-corrected chi connectivity index (χ2v) is 5.96. The molecule has 1 aromatic heterocycles. The van der Waals surface area contributed by atoms with E-state index in [-0.39, 0.29) is 11.7 Å². The van der Waals surface area contributed by atoms with Crippen molar-refractivity contribution < 1.29 is 9.90 Å². The highest BCUT2D eigenvalue weighted by Crippen LogP contribution is 2.37. The summed E-state index contributed by atoms with van der Waals surface area (Å²) in [4.78, 5) is 18.4. The fourth-order valence-corrected chi connectivity index (χ4v) is 2.52. The first-order valence-electron chi connectivity index (χ1n) is 6.99. The number of aromatic nitrogens is 3. The maximum atomic E-state index is 12.3. The molecule has 0 radical (unpaired) electrons. The number of nitrogens with zero attached hydrogens (tertiary/aromatic N) is 3. The third-order valence-corrected chi connectivity index (χ3v) is 4.01. The molecule has 2 N–H and O–H groups in total. The molecule has 1 saturated carbocycles. The van der Waals surface area contributed by atoms with Crippen molar-refractivity contribution in [2.75, 3.05) is 13.1 Å². The zero-order chi connectivity index (χ0) is 13.5. The number of rotatable bonds is 2. The molecule has 3 rings (SSSR count). The SMILES string of the molecule is CC1(O)CCCN(C(=O)c2n[nH]c(C3CC3)n2)CC1. The molecule has 6 heteroatoms. The number of aliphatic hydroxyl groups is 1. The largest absolute Gasteiger partial charge is 0.390 e.